The summed E-state index contributed by atoms with van der Waals surface area (Å²) in [5, 5.41) is 5.86. The van der Waals surface area contributed by atoms with E-state index in [0.717, 1.165) is 5.92 Å². The maximum Gasteiger partial charge on any atom is 0.00894 e. The Labute approximate surface area is 96.9 Å². The van der Waals surface area contributed by atoms with Crippen LogP contribution < -0.4 is 5.32 Å². The van der Waals surface area contributed by atoms with Crippen molar-refractivity contribution in [2.45, 2.75) is 51.6 Å². The maximum atomic E-state index is 3.70. The monoisotopic (exact) mass is 223 g/mol. The molecule has 2 atom stereocenters. The molecule has 0 spiro atoms. The molecule has 15 heavy (non-hydrogen) atoms. The lowest BCUT2D eigenvalue weighted by molar-refractivity contribution is 0.429. The zero-order valence-corrected chi connectivity index (χ0v) is 10.5. The predicted molar refractivity (Wildman–Crippen MR) is 67.4 cm³/mol. The third-order valence-electron chi connectivity index (χ3n) is 3.04. The van der Waals surface area contributed by atoms with E-state index in [1.54, 1.807) is 0 Å². The molecule has 0 saturated heterocycles. The zero-order chi connectivity index (χ0) is 10.7. The summed E-state index contributed by atoms with van der Waals surface area (Å²) >= 11 is 1.86. The summed E-state index contributed by atoms with van der Waals surface area (Å²) in [4.78, 5) is 1.49. The van der Waals surface area contributed by atoms with Gasteiger partial charge in [-0.3, -0.25) is 0 Å². The Kier molecular flexibility index (Phi) is 3.81. The third-order valence-corrected chi connectivity index (χ3v) is 3.94. The molecule has 1 aromatic rings. The van der Waals surface area contributed by atoms with Crippen LogP contribution in [0, 0.1) is 5.92 Å². The molecule has 0 radical (unpaired) electrons. The highest BCUT2D eigenvalue weighted by Crippen LogP contribution is 2.33. The SMILES string of the molecule is CC(Cc1cccs1)NC(C)CC1CC1. The molecule has 1 aromatic heterocycles. The topological polar surface area (TPSA) is 12.0 Å². The predicted octanol–water partition coefficient (Wildman–Crippen LogP) is 3.46. The average Bonchev–Trinajstić information content (AvgIpc) is 2.80. The van der Waals surface area contributed by atoms with Crippen LogP contribution in [0.15, 0.2) is 17.5 Å². The first-order valence-electron chi connectivity index (χ1n) is 6.02. The highest BCUT2D eigenvalue weighted by molar-refractivity contribution is 7.09. The van der Waals surface area contributed by atoms with Crippen LogP contribution in [-0.2, 0) is 6.42 Å². The second kappa shape index (κ2) is 5.13. The second-order valence-electron chi connectivity index (χ2n) is 4.93. The van der Waals surface area contributed by atoms with Crippen LogP contribution in [0.5, 0.6) is 0 Å². The van der Waals surface area contributed by atoms with Crippen LogP contribution >= 0.6 is 11.3 Å². The fourth-order valence-corrected chi connectivity index (χ4v) is 3.03. The van der Waals surface area contributed by atoms with Crippen LogP contribution in [0.2, 0.25) is 0 Å². The summed E-state index contributed by atoms with van der Waals surface area (Å²) in [7, 11) is 0. The molecule has 0 bridgehead atoms. The molecule has 0 aliphatic heterocycles. The van der Waals surface area contributed by atoms with Gasteiger partial charge in [0.25, 0.3) is 0 Å². The lowest BCUT2D eigenvalue weighted by Crippen LogP contribution is -2.36. The van der Waals surface area contributed by atoms with Crippen molar-refractivity contribution in [2.24, 2.45) is 5.92 Å². The van der Waals surface area contributed by atoms with Gasteiger partial charge < -0.3 is 5.32 Å². The van der Waals surface area contributed by atoms with Gasteiger partial charge >= 0.3 is 0 Å². The summed E-state index contributed by atoms with van der Waals surface area (Å²) in [6.07, 6.45) is 5.47. The van der Waals surface area contributed by atoms with E-state index in [2.05, 4.69) is 36.7 Å². The van der Waals surface area contributed by atoms with Crippen LogP contribution in [0.3, 0.4) is 0 Å². The van der Waals surface area contributed by atoms with Gasteiger partial charge in [-0.2, -0.15) is 0 Å². The van der Waals surface area contributed by atoms with E-state index in [1.807, 2.05) is 11.3 Å². The highest BCUT2D eigenvalue weighted by atomic mass is 32.1. The molecule has 84 valence electrons. The van der Waals surface area contributed by atoms with Gasteiger partial charge in [0.2, 0.25) is 0 Å². The van der Waals surface area contributed by atoms with Crippen molar-refractivity contribution < 1.29 is 0 Å². The van der Waals surface area contributed by atoms with Gasteiger partial charge in [-0.15, -0.1) is 11.3 Å². The molecule has 1 fully saturated rings. The Bertz CT molecular complexity index is 277. The summed E-state index contributed by atoms with van der Waals surface area (Å²) in [6, 6.07) is 5.67. The summed E-state index contributed by atoms with van der Waals surface area (Å²) < 4.78 is 0. The molecule has 2 rings (SSSR count). The van der Waals surface area contributed by atoms with E-state index in [-0.39, 0.29) is 0 Å². The molecule has 1 heterocycles. The van der Waals surface area contributed by atoms with E-state index in [4.69, 9.17) is 0 Å². The number of nitrogens with one attached hydrogen (secondary N) is 1. The van der Waals surface area contributed by atoms with Gasteiger partial charge in [0.1, 0.15) is 0 Å². The molecule has 1 saturated carbocycles. The molecule has 1 aliphatic carbocycles. The minimum Gasteiger partial charge on any atom is -0.311 e. The second-order valence-corrected chi connectivity index (χ2v) is 5.96. The van der Waals surface area contributed by atoms with E-state index >= 15 is 0 Å². The van der Waals surface area contributed by atoms with Crippen molar-refractivity contribution in [3.8, 4) is 0 Å². The largest absolute Gasteiger partial charge is 0.311 e. The summed E-state index contributed by atoms with van der Waals surface area (Å²) in [6.45, 7) is 4.62. The fourth-order valence-electron chi connectivity index (χ4n) is 2.20. The Morgan fingerprint density at radius 1 is 1.40 bits per heavy atom. The van der Waals surface area contributed by atoms with Crippen molar-refractivity contribution in [2.75, 3.05) is 0 Å². The first-order valence-corrected chi connectivity index (χ1v) is 6.90. The molecular formula is C13H21NS. The van der Waals surface area contributed by atoms with Crippen molar-refractivity contribution in [3.63, 3.8) is 0 Å². The fraction of sp³-hybridized carbons (Fsp3) is 0.692. The van der Waals surface area contributed by atoms with Crippen molar-refractivity contribution in [1.82, 2.24) is 5.32 Å². The Balaban J connectivity index is 1.68. The van der Waals surface area contributed by atoms with Gasteiger partial charge in [-0.05, 0) is 44.1 Å². The normalized spacial score (nSPS) is 20.1. The molecule has 1 N–H and O–H groups in total. The third kappa shape index (κ3) is 3.96. The average molecular weight is 223 g/mol. The number of thiophene rings is 1. The molecule has 0 aromatic carbocycles. The van der Waals surface area contributed by atoms with E-state index < -0.39 is 0 Å². The zero-order valence-electron chi connectivity index (χ0n) is 9.70. The van der Waals surface area contributed by atoms with Crippen LogP contribution in [0.4, 0.5) is 0 Å². The van der Waals surface area contributed by atoms with Gasteiger partial charge in [0.05, 0.1) is 0 Å². The minimum atomic E-state index is 0.609. The maximum absolute atomic E-state index is 3.70. The van der Waals surface area contributed by atoms with E-state index in [9.17, 15) is 0 Å². The van der Waals surface area contributed by atoms with Crippen molar-refractivity contribution >= 4 is 11.3 Å². The van der Waals surface area contributed by atoms with Crippen molar-refractivity contribution in [1.29, 1.82) is 0 Å². The highest BCUT2D eigenvalue weighted by Gasteiger charge is 2.23. The smallest absolute Gasteiger partial charge is 0.00894 e. The standard InChI is InChI=1S/C13H21NS/c1-10(8-12-5-6-12)14-11(2)9-13-4-3-7-15-13/h3-4,7,10-12,14H,5-6,8-9H2,1-2H3. The molecule has 0 amide bonds. The first-order chi connectivity index (χ1) is 7.24. The first kappa shape index (κ1) is 11.2. The van der Waals surface area contributed by atoms with Gasteiger partial charge in [0.15, 0.2) is 0 Å². The van der Waals surface area contributed by atoms with E-state index in [0.29, 0.717) is 12.1 Å². The lowest BCUT2D eigenvalue weighted by atomic mass is 10.1. The lowest BCUT2D eigenvalue weighted by Gasteiger charge is -2.19. The van der Waals surface area contributed by atoms with Crippen LogP contribution in [0.25, 0.3) is 0 Å². The summed E-state index contributed by atoms with van der Waals surface area (Å²) in [5.41, 5.74) is 0. The molecule has 1 nitrogen and oxygen atoms in total. The van der Waals surface area contributed by atoms with Crippen LogP contribution in [-0.4, -0.2) is 12.1 Å². The van der Waals surface area contributed by atoms with Crippen LogP contribution in [0.1, 0.15) is 38.0 Å². The number of hydrogen-bond acceptors (Lipinski definition) is 2. The van der Waals surface area contributed by atoms with Gasteiger partial charge in [-0.25, -0.2) is 0 Å². The molecule has 2 heteroatoms. The Morgan fingerprint density at radius 3 is 2.80 bits per heavy atom. The van der Waals surface area contributed by atoms with Gasteiger partial charge in [0, 0.05) is 17.0 Å². The molecular weight excluding hydrogens is 202 g/mol. The molecule has 1 aliphatic rings. The molecule has 2 unspecified atom stereocenters. The number of rotatable bonds is 6. The number of hydrogen-bond donors (Lipinski definition) is 1. The Hall–Kier alpha value is -0.340. The summed E-state index contributed by atoms with van der Waals surface area (Å²) in [5.74, 6) is 1.03. The minimum absolute atomic E-state index is 0.609. The quantitative estimate of drug-likeness (QED) is 0.779. The van der Waals surface area contributed by atoms with Crippen molar-refractivity contribution in [3.05, 3.63) is 22.4 Å². The van der Waals surface area contributed by atoms with E-state index in [1.165, 1.54) is 30.6 Å². The Morgan fingerprint density at radius 2 is 2.20 bits per heavy atom. The van der Waals surface area contributed by atoms with Gasteiger partial charge in [-0.1, -0.05) is 18.9 Å².